The number of rotatable bonds is 3. The molecule has 0 radical (unpaired) electrons. The number of benzene rings is 1. The number of pyridine rings is 1. The number of fused-ring (bicyclic) bond motifs is 1. The van der Waals surface area contributed by atoms with E-state index in [-0.39, 0.29) is 12.5 Å². The van der Waals surface area contributed by atoms with Crippen molar-refractivity contribution in [2.24, 2.45) is 5.10 Å². The van der Waals surface area contributed by atoms with E-state index < -0.39 is 6.10 Å². The van der Waals surface area contributed by atoms with Gasteiger partial charge in [0.1, 0.15) is 6.61 Å². The zero-order valence-electron chi connectivity index (χ0n) is 11.1. The number of hydrazone groups is 1. The molecule has 1 aromatic heterocycles. The van der Waals surface area contributed by atoms with Crippen molar-refractivity contribution in [3.8, 4) is 11.5 Å². The Morgan fingerprint density at radius 2 is 2.05 bits per heavy atom. The zero-order chi connectivity index (χ0) is 14.5. The van der Waals surface area contributed by atoms with Gasteiger partial charge in [-0.3, -0.25) is 9.78 Å². The molecule has 6 heteroatoms. The Kier molecular flexibility index (Phi) is 3.77. The van der Waals surface area contributed by atoms with Crippen LogP contribution in [-0.4, -0.2) is 29.8 Å². The molecule has 6 nitrogen and oxygen atoms in total. The van der Waals surface area contributed by atoms with Gasteiger partial charge in [0, 0.05) is 6.20 Å². The van der Waals surface area contributed by atoms with E-state index in [0.29, 0.717) is 17.2 Å². The van der Waals surface area contributed by atoms with Crippen LogP contribution in [0.3, 0.4) is 0 Å². The van der Waals surface area contributed by atoms with Crippen molar-refractivity contribution in [2.75, 3.05) is 6.61 Å². The predicted molar refractivity (Wildman–Crippen MR) is 76.3 cm³/mol. The lowest BCUT2D eigenvalue weighted by molar-refractivity contribution is -0.130. The number of carbonyl (C=O) groups is 1. The van der Waals surface area contributed by atoms with Crippen molar-refractivity contribution in [1.82, 2.24) is 10.4 Å². The summed E-state index contributed by atoms with van der Waals surface area (Å²) in [4.78, 5) is 16.0. The average Bonchev–Trinajstić information content (AvgIpc) is 2.55. The van der Waals surface area contributed by atoms with Crippen molar-refractivity contribution in [3.05, 3.63) is 54.4 Å². The second kappa shape index (κ2) is 6.04. The maximum absolute atomic E-state index is 11.9. The van der Waals surface area contributed by atoms with Gasteiger partial charge in [-0.05, 0) is 24.3 Å². The highest BCUT2D eigenvalue weighted by molar-refractivity contribution is 5.84. The summed E-state index contributed by atoms with van der Waals surface area (Å²) in [5.41, 5.74) is 3.07. The quantitative estimate of drug-likeness (QED) is 0.682. The second-order valence-electron chi connectivity index (χ2n) is 4.35. The van der Waals surface area contributed by atoms with Gasteiger partial charge in [0.15, 0.2) is 11.5 Å². The van der Waals surface area contributed by atoms with Gasteiger partial charge >= 0.3 is 0 Å². The van der Waals surface area contributed by atoms with Crippen LogP contribution in [0.5, 0.6) is 11.5 Å². The van der Waals surface area contributed by atoms with Crippen LogP contribution in [0.15, 0.2) is 53.8 Å². The molecule has 0 aliphatic carbocycles. The van der Waals surface area contributed by atoms with Gasteiger partial charge in [-0.25, -0.2) is 5.43 Å². The van der Waals surface area contributed by atoms with Crippen molar-refractivity contribution in [3.63, 3.8) is 0 Å². The van der Waals surface area contributed by atoms with Crippen LogP contribution in [0.2, 0.25) is 0 Å². The fourth-order valence-corrected chi connectivity index (χ4v) is 1.84. The molecule has 21 heavy (non-hydrogen) atoms. The van der Waals surface area contributed by atoms with Crippen LogP contribution in [0.1, 0.15) is 5.69 Å². The molecule has 1 unspecified atom stereocenters. The minimum atomic E-state index is -0.721. The maximum Gasteiger partial charge on any atom is 0.284 e. The zero-order valence-corrected chi connectivity index (χ0v) is 11.1. The molecule has 106 valence electrons. The van der Waals surface area contributed by atoms with Crippen LogP contribution in [0.25, 0.3) is 0 Å². The number of ether oxygens (including phenoxy) is 2. The summed E-state index contributed by atoms with van der Waals surface area (Å²) in [5, 5.41) is 3.85. The standard InChI is InChI=1S/C15H13N3O3/c19-15(18-17-9-11-5-3-4-8-16-11)14-10-20-12-6-1-2-7-13(12)21-14/h1-9,14H,10H2,(H,18,19). The summed E-state index contributed by atoms with van der Waals surface area (Å²) in [6.45, 7) is 0.155. The summed E-state index contributed by atoms with van der Waals surface area (Å²) in [6.07, 6.45) is 2.40. The van der Waals surface area contributed by atoms with Crippen LogP contribution < -0.4 is 14.9 Å². The van der Waals surface area contributed by atoms with Crippen molar-refractivity contribution < 1.29 is 14.3 Å². The van der Waals surface area contributed by atoms with E-state index in [1.54, 1.807) is 30.5 Å². The van der Waals surface area contributed by atoms with Crippen molar-refractivity contribution in [1.29, 1.82) is 0 Å². The lowest BCUT2D eigenvalue weighted by atomic mass is 10.2. The van der Waals surface area contributed by atoms with Crippen LogP contribution >= 0.6 is 0 Å². The second-order valence-corrected chi connectivity index (χ2v) is 4.35. The molecule has 2 aromatic rings. The smallest absolute Gasteiger partial charge is 0.284 e. The number of aromatic nitrogens is 1. The summed E-state index contributed by atoms with van der Waals surface area (Å²) < 4.78 is 11.0. The first-order valence-corrected chi connectivity index (χ1v) is 6.45. The molecule has 1 N–H and O–H groups in total. The van der Waals surface area contributed by atoms with Crippen LogP contribution in [-0.2, 0) is 4.79 Å². The molecule has 0 saturated carbocycles. The highest BCUT2D eigenvalue weighted by Crippen LogP contribution is 2.30. The Balaban J connectivity index is 1.59. The Morgan fingerprint density at radius 3 is 2.86 bits per heavy atom. The molecule has 0 fully saturated rings. The number of para-hydroxylation sites is 2. The highest BCUT2D eigenvalue weighted by atomic mass is 16.6. The Morgan fingerprint density at radius 1 is 1.24 bits per heavy atom. The Bertz CT molecular complexity index is 658. The average molecular weight is 283 g/mol. The van der Waals surface area contributed by atoms with Gasteiger partial charge in [0.25, 0.3) is 5.91 Å². The lowest BCUT2D eigenvalue weighted by Gasteiger charge is -2.24. The molecule has 1 aliphatic rings. The van der Waals surface area contributed by atoms with Crippen LogP contribution in [0, 0.1) is 0 Å². The molecule has 1 aromatic carbocycles. The summed E-state index contributed by atoms with van der Waals surface area (Å²) in [7, 11) is 0. The van der Waals surface area contributed by atoms with E-state index in [0.717, 1.165) is 0 Å². The van der Waals surface area contributed by atoms with E-state index >= 15 is 0 Å². The normalized spacial score (nSPS) is 16.7. The summed E-state index contributed by atoms with van der Waals surface area (Å²) in [5.74, 6) is 0.827. The molecule has 3 rings (SSSR count). The van der Waals surface area contributed by atoms with E-state index in [2.05, 4.69) is 15.5 Å². The fourth-order valence-electron chi connectivity index (χ4n) is 1.84. The van der Waals surface area contributed by atoms with Crippen LogP contribution in [0.4, 0.5) is 0 Å². The van der Waals surface area contributed by atoms with E-state index in [1.807, 2.05) is 18.2 Å². The van der Waals surface area contributed by atoms with E-state index in [9.17, 15) is 4.79 Å². The summed E-state index contributed by atoms with van der Waals surface area (Å²) in [6, 6.07) is 12.6. The molecule has 0 saturated heterocycles. The number of amides is 1. The molecule has 0 bridgehead atoms. The topological polar surface area (TPSA) is 72.8 Å². The summed E-state index contributed by atoms with van der Waals surface area (Å²) >= 11 is 0. The first-order valence-electron chi connectivity index (χ1n) is 6.45. The molecule has 1 aliphatic heterocycles. The van der Waals surface area contributed by atoms with Gasteiger partial charge in [-0.15, -0.1) is 0 Å². The molecule has 0 spiro atoms. The highest BCUT2D eigenvalue weighted by Gasteiger charge is 2.26. The third-order valence-electron chi connectivity index (χ3n) is 2.86. The van der Waals surface area contributed by atoms with Gasteiger partial charge in [0.2, 0.25) is 6.10 Å². The largest absolute Gasteiger partial charge is 0.485 e. The predicted octanol–water partition coefficient (Wildman–Crippen LogP) is 1.37. The third kappa shape index (κ3) is 3.17. The first-order chi connectivity index (χ1) is 10.3. The number of nitrogens with one attached hydrogen (secondary N) is 1. The minimum Gasteiger partial charge on any atom is -0.485 e. The van der Waals surface area contributed by atoms with E-state index in [1.165, 1.54) is 6.21 Å². The maximum atomic E-state index is 11.9. The van der Waals surface area contributed by atoms with Crippen molar-refractivity contribution >= 4 is 12.1 Å². The molecule has 2 heterocycles. The minimum absolute atomic E-state index is 0.155. The molecular formula is C15H13N3O3. The monoisotopic (exact) mass is 283 g/mol. The van der Waals surface area contributed by atoms with Gasteiger partial charge in [-0.1, -0.05) is 18.2 Å². The lowest BCUT2D eigenvalue weighted by Crippen LogP contribution is -2.42. The SMILES string of the molecule is O=C(NN=Cc1ccccn1)C1COc2ccccc2O1. The number of nitrogens with zero attached hydrogens (tertiary/aromatic N) is 2. The van der Waals surface area contributed by atoms with Gasteiger partial charge < -0.3 is 9.47 Å². The number of carbonyl (C=O) groups excluding carboxylic acids is 1. The third-order valence-corrected chi connectivity index (χ3v) is 2.86. The fraction of sp³-hybridized carbons (Fsp3) is 0.133. The Labute approximate surface area is 121 Å². The molecule has 1 amide bonds. The first kappa shape index (κ1) is 13.1. The number of hydrogen-bond donors (Lipinski definition) is 1. The molecule has 1 atom stereocenters. The number of hydrogen-bond acceptors (Lipinski definition) is 5. The van der Waals surface area contributed by atoms with E-state index in [4.69, 9.17) is 9.47 Å². The molecular weight excluding hydrogens is 270 g/mol. The van der Waals surface area contributed by atoms with Gasteiger partial charge in [-0.2, -0.15) is 5.10 Å². The van der Waals surface area contributed by atoms with Crippen molar-refractivity contribution in [2.45, 2.75) is 6.10 Å². The Hall–Kier alpha value is -2.89. The van der Waals surface area contributed by atoms with Gasteiger partial charge in [0.05, 0.1) is 11.9 Å².